The fourth-order valence-corrected chi connectivity index (χ4v) is 3.70. The van der Waals surface area contributed by atoms with Gasteiger partial charge in [0.25, 0.3) is 0 Å². The van der Waals surface area contributed by atoms with Gasteiger partial charge in [-0.05, 0) is 37.5 Å². The van der Waals surface area contributed by atoms with E-state index in [1.165, 1.54) is 18.2 Å². The van der Waals surface area contributed by atoms with Crippen molar-refractivity contribution in [2.75, 3.05) is 17.1 Å². The Bertz CT molecular complexity index is 625. The van der Waals surface area contributed by atoms with Gasteiger partial charge in [0.1, 0.15) is 0 Å². The maximum Gasteiger partial charge on any atom is 0.337 e. The van der Waals surface area contributed by atoms with E-state index < -0.39 is 16.0 Å². The number of halogens is 1. The molecule has 0 spiro atoms. The summed E-state index contributed by atoms with van der Waals surface area (Å²) < 4.78 is 31.9. The number of carboxylic acids is 1. The Morgan fingerprint density at radius 2 is 2.19 bits per heavy atom. The van der Waals surface area contributed by atoms with Crippen molar-refractivity contribution in [1.82, 2.24) is 0 Å². The molecule has 1 aliphatic heterocycles. The smallest absolute Gasteiger partial charge is 0.337 e. The number of carboxylic acid groups (broad SMARTS) is 1. The lowest BCUT2D eigenvalue weighted by molar-refractivity contribution is 0.0306. The van der Waals surface area contributed by atoms with E-state index in [1.807, 2.05) is 0 Å². The average Bonchev–Trinajstić information content (AvgIpc) is 2.41. The van der Waals surface area contributed by atoms with E-state index in [9.17, 15) is 13.2 Å². The summed E-state index contributed by atoms with van der Waals surface area (Å²) >= 11 is 5.73. The van der Waals surface area contributed by atoms with E-state index in [-0.39, 0.29) is 28.1 Å². The van der Waals surface area contributed by atoms with Crippen LogP contribution in [0.1, 0.15) is 29.6 Å². The van der Waals surface area contributed by atoms with E-state index in [0.717, 1.165) is 12.8 Å². The standard InChI is InChI=1S/C13H16ClNO5S/c14-9-4-5-12(11(7-9)13(16)17)15-21(18,19)8-10-3-1-2-6-20-10/h4-5,7,10,15H,1-3,6,8H2,(H,16,17). The fourth-order valence-electron chi connectivity index (χ4n) is 2.18. The summed E-state index contributed by atoms with van der Waals surface area (Å²) in [6.45, 7) is 0.557. The number of ether oxygens (including phenoxy) is 1. The van der Waals surface area contributed by atoms with Crippen LogP contribution in [0.2, 0.25) is 5.02 Å². The van der Waals surface area contributed by atoms with E-state index in [0.29, 0.717) is 13.0 Å². The monoisotopic (exact) mass is 333 g/mol. The number of anilines is 1. The van der Waals surface area contributed by atoms with Gasteiger partial charge in [-0.25, -0.2) is 13.2 Å². The van der Waals surface area contributed by atoms with Gasteiger partial charge in [0, 0.05) is 11.6 Å². The van der Waals surface area contributed by atoms with Crippen molar-refractivity contribution in [2.45, 2.75) is 25.4 Å². The molecule has 116 valence electrons. The Morgan fingerprint density at radius 3 is 2.81 bits per heavy atom. The first kappa shape index (κ1) is 16.1. The molecule has 0 aliphatic carbocycles. The lowest BCUT2D eigenvalue weighted by Gasteiger charge is -2.22. The number of sulfonamides is 1. The minimum absolute atomic E-state index is 0.00251. The molecular weight excluding hydrogens is 318 g/mol. The topological polar surface area (TPSA) is 92.7 Å². The van der Waals surface area contributed by atoms with E-state index in [4.69, 9.17) is 21.4 Å². The maximum absolute atomic E-state index is 12.1. The summed E-state index contributed by atoms with van der Waals surface area (Å²) in [4.78, 5) is 11.1. The highest BCUT2D eigenvalue weighted by Gasteiger charge is 2.23. The predicted octanol–water partition coefficient (Wildman–Crippen LogP) is 2.35. The first-order valence-electron chi connectivity index (χ1n) is 6.52. The molecule has 0 radical (unpaired) electrons. The number of aromatic carboxylic acids is 1. The molecule has 1 atom stereocenters. The molecule has 2 rings (SSSR count). The summed E-state index contributed by atoms with van der Waals surface area (Å²) in [5.41, 5.74) is -0.182. The molecule has 0 aromatic heterocycles. The second-order valence-corrected chi connectivity index (χ2v) is 7.07. The third kappa shape index (κ3) is 4.59. The van der Waals surface area contributed by atoms with Crippen LogP contribution in [-0.4, -0.2) is 38.0 Å². The Kier molecular flexibility index (Phi) is 5.08. The van der Waals surface area contributed by atoms with E-state index >= 15 is 0 Å². The summed E-state index contributed by atoms with van der Waals surface area (Å²) in [5.74, 6) is -1.43. The molecule has 1 heterocycles. The molecule has 1 unspecified atom stereocenters. The Balaban J connectivity index is 2.14. The quantitative estimate of drug-likeness (QED) is 0.862. The number of rotatable bonds is 5. The molecule has 0 bridgehead atoms. The minimum Gasteiger partial charge on any atom is -0.478 e. The summed E-state index contributed by atoms with van der Waals surface area (Å²) in [5, 5.41) is 9.32. The van der Waals surface area contributed by atoms with Gasteiger partial charge >= 0.3 is 5.97 Å². The lowest BCUT2D eigenvalue weighted by Crippen LogP contribution is -2.31. The zero-order chi connectivity index (χ0) is 15.5. The van der Waals surface area contributed by atoms with Crippen molar-refractivity contribution in [3.63, 3.8) is 0 Å². The van der Waals surface area contributed by atoms with Gasteiger partial charge in [-0.15, -0.1) is 0 Å². The van der Waals surface area contributed by atoms with Crippen molar-refractivity contribution in [3.8, 4) is 0 Å². The van der Waals surface area contributed by atoms with Crippen LogP contribution < -0.4 is 4.72 Å². The van der Waals surface area contributed by atoms with Gasteiger partial charge in [0.2, 0.25) is 10.0 Å². The Hall–Kier alpha value is -1.31. The lowest BCUT2D eigenvalue weighted by atomic mass is 10.1. The summed E-state index contributed by atoms with van der Waals surface area (Å²) in [6, 6.07) is 3.98. The van der Waals surface area contributed by atoms with Crippen LogP contribution in [-0.2, 0) is 14.8 Å². The molecular formula is C13H16ClNO5S. The van der Waals surface area contributed by atoms with Gasteiger partial charge in [0.05, 0.1) is 23.1 Å². The largest absolute Gasteiger partial charge is 0.478 e. The predicted molar refractivity (Wildman–Crippen MR) is 79.4 cm³/mol. The molecule has 1 fully saturated rings. The number of nitrogens with one attached hydrogen (secondary N) is 1. The molecule has 1 aliphatic rings. The van der Waals surface area contributed by atoms with Crippen molar-refractivity contribution in [2.24, 2.45) is 0 Å². The molecule has 0 saturated carbocycles. The molecule has 1 aromatic rings. The van der Waals surface area contributed by atoms with Crippen LogP contribution in [0.25, 0.3) is 0 Å². The molecule has 2 N–H and O–H groups in total. The molecule has 8 heteroatoms. The average molecular weight is 334 g/mol. The van der Waals surface area contributed by atoms with Gasteiger partial charge in [-0.3, -0.25) is 4.72 Å². The zero-order valence-electron chi connectivity index (χ0n) is 11.2. The number of hydrogen-bond acceptors (Lipinski definition) is 4. The second kappa shape index (κ2) is 6.64. The van der Waals surface area contributed by atoms with Gasteiger partial charge < -0.3 is 9.84 Å². The highest BCUT2D eigenvalue weighted by molar-refractivity contribution is 7.92. The number of hydrogen-bond donors (Lipinski definition) is 2. The van der Waals surface area contributed by atoms with Crippen LogP contribution in [0, 0.1) is 0 Å². The van der Waals surface area contributed by atoms with Crippen LogP contribution >= 0.6 is 11.6 Å². The third-order valence-corrected chi connectivity index (χ3v) is 4.73. The maximum atomic E-state index is 12.1. The van der Waals surface area contributed by atoms with Gasteiger partial charge in [-0.1, -0.05) is 11.6 Å². The highest BCUT2D eigenvalue weighted by atomic mass is 35.5. The van der Waals surface area contributed by atoms with Crippen molar-refractivity contribution in [1.29, 1.82) is 0 Å². The van der Waals surface area contributed by atoms with Crippen molar-refractivity contribution >= 4 is 33.3 Å². The molecule has 0 amide bonds. The normalized spacial score (nSPS) is 19.2. The third-order valence-electron chi connectivity index (χ3n) is 3.16. The van der Waals surface area contributed by atoms with E-state index in [2.05, 4.69) is 4.72 Å². The minimum atomic E-state index is -3.68. The fraction of sp³-hybridized carbons (Fsp3) is 0.462. The zero-order valence-corrected chi connectivity index (χ0v) is 12.8. The van der Waals surface area contributed by atoms with Crippen LogP contribution in [0.5, 0.6) is 0 Å². The second-order valence-electron chi connectivity index (χ2n) is 4.87. The first-order valence-corrected chi connectivity index (χ1v) is 8.55. The van der Waals surface area contributed by atoms with Crippen LogP contribution in [0.15, 0.2) is 18.2 Å². The molecule has 1 saturated heterocycles. The van der Waals surface area contributed by atoms with Gasteiger partial charge in [0.15, 0.2) is 0 Å². The van der Waals surface area contributed by atoms with Crippen molar-refractivity contribution in [3.05, 3.63) is 28.8 Å². The highest BCUT2D eigenvalue weighted by Crippen LogP contribution is 2.23. The SMILES string of the molecule is O=C(O)c1cc(Cl)ccc1NS(=O)(=O)CC1CCCCO1. The Labute approximate surface area is 128 Å². The Morgan fingerprint density at radius 1 is 1.43 bits per heavy atom. The summed E-state index contributed by atoms with van der Waals surface area (Å²) in [7, 11) is -3.68. The molecule has 1 aromatic carbocycles. The summed E-state index contributed by atoms with van der Waals surface area (Å²) in [6.07, 6.45) is 2.20. The van der Waals surface area contributed by atoms with E-state index in [1.54, 1.807) is 0 Å². The van der Waals surface area contributed by atoms with Crippen molar-refractivity contribution < 1.29 is 23.1 Å². The number of benzene rings is 1. The van der Waals surface area contributed by atoms with Crippen LogP contribution in [0.3, 0.4) is 0 Å². The molecule has 21 heavy (non-hydrogen) atoms. The number of carbonyl (C=O) groups is 1. The van der Waals surface area contributed by atoms with Gasteiger partial charge in [-0.2, -0.15) is 0 Å². The first-order chi connectivity index (χ1) is 9.87. The van der Waals surface area contributed by atoms with Crippen LogP contribution in [0.4, 0.5) is 5.69 Å². The molecule has 6 nitrogen and oxygen atoms in total.